The van der Waals surface area contributed by atoms with E-state index in [1.165, 1.54) is 0 Å². The molecule has 0 amide bonds. The fourth-order valence-electron chi connectivity index (χ4n) is 1.72. The average Bonchev–Trinajstić information content (AvgIpc) is 2.74. The summed E-state index contributed by atoms with van der Waals surface area (Å²) in [5.41, 5.74) is 3.09. The summed E-state index contributed by atoms with van der Waals surface area (Å²) < 4.78 is 5.48. The molecule has 0 bridgehead atoms. The molecule has 0 N–H and O–H groups in total. The quantitative estimate of drug-likeness (QED) is 0.594. The normalized spacial score (nSPS) is 10.7. The Labute approximate surface area is 87.2 Å². The molecule has 0 saturated carbocycles. The van der Waals surface area contributed by atoms with E-state index >= 15 is 0 Å². The highest BCUT2D eigenvalue weighted by molar-refractivity contribution is 5.93. The van der Waals surface area contributed by atoms with Crippen molar-refractivity contribution in [3.05, 3.63) is 55.1 Å². The first-order valence-electron chi connectivity index (χ1n) is 4.82. The second-order valence-corrected chi connectivity index (χ2v) is 3.39. The Bertz CT molecular complexity index is 584. The van der Waals surface area contributed by atoms with Gasteiger partial charge < -0.3 is 4.42 Å². The van der Waals surface area contributed by atoms with Crippen LogP contribution in [0.1, 0.15) is 0 Å². The largest absolute Gasteiger partial charge is 0.464 e. The maximum atomic E-state index is 5.48. The number of hydrogen-bond acceptors (Lipinski definition) is 2. The fourth-order valence-corrected chi connectivity index (χ4v) is 1.72. The minimum absolute atomic E-state index is 0.913. The van der Waals surface area contributed by atoms with E-state index in [2.05, 4.69) is 11.1 Å². The first-order valence-corrected chi connectivity index (χ1v) is 4.82. The van der Waals surface area contributed by atoms with E-state index in [-0.39, 0.29) is 0 Å². The summed E-state index contributed by atoms with van der Waals surface area (Å²) >= 11 is 0. The van der Waals surface area contributed by atoms with Crippen molar-refractivity contribution < 1.29 is 4.42 Å². The van der Waals surface area contributed by atoms with Crippen molar-refractivity contribution in [2.24, 2.45) is 0 Å². The highest BCUT2D eigenvalue weighted by Crippen LogP contribution is 2.29. The lowest BCUT2D eigenvalue weighted by Crippen LogP contribution is -1.76. The molecule has 0 fully saturated rings. The molecule has 2 heteroatoms. The van der Waals surface area contributed by atoms with Gasteiger partial charge in [-0.3, -0.25) is 4.98 Å². The molecule has 0 saturated heterocycles. The summed E-state index contributed by atoms with van der Waals surface area (Å²) in [6.45, 7) is 0. The molecular weight excluding hydrogens is 186 g/mol. The third-order valence-corrected chi connectivity index (χ3v) is 2.45. The standard InChI is InChI=1S/C13H9NO/c1-2-6-13-11(5-1)12(9-15-13)10-4-3-7-14-8-10/h1-9H. The molecule has 0 aliphatic heterocycles. The third-order valence-electron chi connectivity index (χ3n) is 2.45. The molecule has 15 heavy (non-hydrogen) atoms. The van der Waals surface area contributed by atoms with Crippen LogP contribution in [-0.4, -0.2) is 4.98 Å². The molecule has 3 aromatic rings. The SMILES string of the molecule is c1cncc(-c2coc3ccccc23)c1. The summed E-state index contributed by atoms with van der Waals surface area (Å²) in [6.07, 6.45) is 5.39. The summed E-state index contributed by atoms with van der Waals surface area (Å²) in [4.78, 5) is 4.11. The van der Waals surface area contributed by atoms with Gasteiger partial charge in [-0.05, 0) is 12.1 Å². The van der Waals surface area contributed by atoms with Crippen LogP contribution in [0.4, 0.5) is 0 Å². The Morgan fingerprint density at radius 2 is 1.93 bits per heavy atom. The first kappa shape index (κ1) is 8.24. The van der Waals surface area contributed by atoms with Gasteiger partial charge in [0, 0.05) is 28.9 Å². The van der Waals surface area contributed by atoms with E-state index in [4.69, 9.17) is 4.42 Å². The molecule has 0 radical (unpaired) electrons. The van der Waals surface area contributed by atoms with Crippen LogP contribution in [0.25, 0.3) is 22.1 Å². The number of pyridine rings is 1. The van der Waals surface area contributed by atoms with Gasteiger partial charge >= 0.3 is 0 Å². The zero-order valence-corrected chi connectivity index (χ0v) is 8.05. The van der Waals surface area contributed by atoms with Crippen LogP contribution in [0.5, 0.6) is 0 Å². The Kier molecular flexibility index (Phi) is 1.78. The first-order chi connectivity index (χ1) is 7.45. The molecule has 0 spiro atoms. The second kappa shape index (κ2) is 3.24. The minimum Gasteiger partial charge on any atom is -0.464 e. The van der Waals surface area contributed by atoms with E-state index in [0.717, 1.165) is 22.1 Å². The monoisotopic (exact) mass is 195 g/mol. The second-order valence-electron chi connectivity index (χ2n) is 3.39. The molecule has 0 aliphatic carbocycles. The Hall–Kier alpha value is -2.09. The molecule has 3 rings (SSSR count). The van der Waals surface area contributed by atoms with E-state index in [9.17, 15) is 0 Å². The van der Waals surface area contributed by atoms with Crippen LogP contribution >= 0.6 is 0 Å². The van der Waals surface area contributed by atoms with Crippen LogP contribution in [-0.2, 0) is 0 Å². The zero-order chi connectivity index (χ0) is 10.1. The Morgan fingerprint density at radius 3 is 2.80 bits per heavy atom. The molecule has 2 nitrogen and oxygen atoms in total. The van der Waals surface area contributed by atoms with Crippen LogP contribution in [0.15, 0.2) is 59.5 Å². The number of para-hydroxylation sites is 1. The third kappa shape index (κ3) is 1.31. The van der Waals surface area contributed by atoms with Gasteiger partial charge in [0.25, 0.3) is 0 Å². The van der Waals surface area contributed by atoms with Crippen molar-refractivity contribution in [3.63, 3.8) is 0 Å². The smallest absolute Gasteiger partial charge is 0.134 e. The maximum absolute atomic E-state index is 5.48. The van der Waals surface area contributed by atoms with Crippen molar-refractivity contribution >= 4 is 11.0 Å². The van der Waals surface area contributed by atoms with Crippen molar-refractivity contribution in [1.29, 1.82) is 0 Å². The van der Waals surface area contributed by atoms with Gasteiger partial charge in [0.05, 0.1) is 6.26 Å². The summed E-state index contributed by atoms with van der Waals surface area (Å²) in [5.74, 6) is 0. The lowest BCUT2D eigenvalue weighted by atomic mass is 10.1. The van der Waals surface area contributed by atoms with Gasteiger partial charge in [-0.1, -0.05) is 24.3 Å². The molecule has 0 atom stereocenters. The number of fused-ring (bicyclic) bond motifs is 1. The zero-order valence-electron chi connectivity index (χ0n) is 8.05. The van der Waals surface area contributed by atoms with E-state index in [1.807, 2.05) is 36.5 Å². The van der Waals surface area contributed by atoms with Crippen molar-refractivity contribution in [2.75, 3.05) is 0 Å². The highest BCUT2D eigenvalue weighted by atomic mass is 16.3. The fraction of sp³-hybridized carbons (Fsp3) is 0. The van der Waals surface area contributed by atoms with E-state index in [1.54, 1.807) is 12.5 Å². The van der Waals surface area contributed by atoms with Gasteiger partial charge in [0.1, 0.15) is 5.58 Å². The van der Waals surface area contributed by atoms with Crippen molar-refractivity contribution in [2.45, 2.75) is 0 Å². The van der Waals surface area contributed by atoms with Crippen LogP contribution in [0.3, 0.4) is 0 Å². The van der Waals surface area contributed by atoms with Crippen LogP contribution < -0.4 is 0 Å². The number of furan rings is 1. The summed E-state index contributed by atoms with van der Waals surface area (Å²) in [6, 6.07) is 12.0. The topological polar surface area (TPSA) is 26.0 Å². The number of aromatic nitrogens is 1. The van der Waals surface area contributed by atoms with E-state index in [0.29, 0.717) is 0 Å². The molecule has 0 unspecified atom stereocenters. The molecule has 2 aromatic heterocycles. The molecule has 72 valence electrons. The maximum Gasteiger partial charge on any atom is 0.134 e. The summed E-state index contributed by atoms with van der Waals surface area (Å²) in [7, 11) is 0. The van der Waals surface area contributed by atoms with Gasteiger partial charge in [-0.2, -0.15) is 0 Å². The predicted octanol–water partition coefficient (Wildman–Crippen LogP) is 3.49. The Morgan fingerprint density at radius 1 is 1.00 bits per heavy atom. The van der Waals surface area contributed by atoms with Gasteiger partial charge in [-0.25, -0.2) is 0 Å². The van der Waals surface area contributed by atoms with Crippen molar-refractivity contribution in [3.8, 4) is 11.1 Å². The van der Waals surface area contributed by atoms with Gasteiger partial charge in [0.15, 0.2) is 0 Å². The van der Waals surface area contributed by atoms with Crippen molar-refractivity contribution in [1.82, 2.24) is 4.98 Å². The number of benzene rings is 1. The molecule has 1 aromatic carbocycles. The highest BCUT2D eigenvalue weighted by Gasteiger charge is 2.06. The van der Waals surface area contributed by atoms with Crippen LogP contribution in [0, 0.1) is 0 Å². The number of hydrogen-bond donors (Lipinski definition) is 0. The number of rotatable bonds is 1. The summed E-state index contributed by atoms with van der Waals surface area (Å²) in [5, 5.41) is 1.13. The average molecular weight is 195 g/mol. The van der Waals surface area contributed by atoms with E-state index < -0.39 is 0 Å². The van der Waals surface area contributed by atoms with Crippen LogP contribution in [0.2, 0.25) is 0 Å². The molecule has 0 aliphatic rings. The molecular formula is C13H9NO. The molecule has 2 heterocycles. The van der Waals surface area contributed by atoms with Gasteiger partial charge in [0.2, 0.25) is 0 Å². The Balaban J connectivity index is 2.28. The van der Waals surface area contributed by atoms with Gasteiger partial charge in [-0.15, -0.1) is 0 Å². The minimum atomic E-state index is 0.913. The lowest BCUT2D eigenvalue weighted by molar-refractivity contribution is 0.617. The number of nitrogens with zero attached hydrogens (tertiary/aromatic N) is 1. The predicted molar refractivity (Wildman–Crippen MR) is 59.4 cm³/mol. The lowest BCUT2D eigenvalue weighted by Gasteiger charge is -1.95.